The molecule has 2 heterocycles. The minimum Gasteiger partial charge on any atom is -0.497 e. The van der Waals surface area contributed by atoms with E-state index in [-0.39, 0.29) is 5.91 Å². The summed E-state index contributed by atoms with van der Waals surface area (Å²) in [6.07, 6.45) is 6.82. The third-order valence-corrected chi connectivity index (χ3v) is 3.63. The fourth-order valence-corrected chi connectivity index (χ4v) is 2.42. The molecule has 0 fully saturated rings. The lowest BCUT2D eigenvalue weighted by Gasteiger charge is -2.08. The van der Waals surface area contributed by atoms with Gasteiger partial charge in [-0.25, -0.2) is 9.97 Å². The van der Waals surface area contributed by atoms with Crippen LogP contribution in [0.5, 0.6) is 5.75 Å². The number of amides is 1. The van der Waals surface area contributed by atoms with Crippen molar-refractivity contribution in [3.63, 3.8) is 0 Å². The van der Waals surface area contributed by atoms with Gasteiger partial charge in [0.1, 0.15) is 5.75 Å². The van der Waals surface area contributed by atoms with Gasteiger partial charge in [0, 0.05) is 43.4 Å². The highest BCUT2D eigenvalue weighted by Gasteiger charge is 2.14. The first-order valence-corrected chi connectivity index (χ1v) is 7.88. The van der Waals surface area contributed by atoms with Crippen LogP contribution >= 0.6 is 0 Å². The predicted molar refractivity (Wildman–Crippen MR) is 95.6 cm³/mol. The molecule has 7 heteroatoms. The Hall–Kier alpha value is -3.35. The Morgan fingerprint density at radius 2 is 2.00 bits per heavy atom. The molecule has 1 amide bonds. The summed E-state index contributed by atoms with van der Waals surface area (Å²) < 4.78 is 5.24. The number of aromatic amines is 1. The van der Waals surface area contributed by atoms with Gasteiger partial charge in [0.05, 0.1) is 12.7 Å². The average molecular weight is 337 g/mol. The molecule has 0 aliphatic rings. The number of carbonyl (C=O) groups is 1. The number of nitrogens with one attached hydrogen (secondary N) is 3. The molecule has 0 bridgehead atoms. The quantitative estimate of drug-likeness (QED) is 0.576. The summed E-state index contributed by atoms with van der Waals surface area (Å²) in [5, 5.41) is 5.93. The minimum atomic E-state index is -0.144. The second-order valence-corrected chi connectivity index (χ2v) is 5.27. The molecular weight excluding hydrogens is 318 g/mol. The molecule has 0 saturated heterocycles. The highest BCUT2D eigenvalue weighted by atomic mass is 16.5. The monoisotopic (exact) mass is 337 g/mol. The van der Waals surface area contributed by atoms with Gasteiger partial charge in [-0.05, 0) is 23.8 Å². The summed E-state index contributed by atoms with van der Waals surface area (Å²) >= 11 is 0. The van der Waals surface area contributed by atoms with Crippen LogP contribution in [0.1, 0.15) is 10.4 Å². The molecule has 0 unspecified atom stereocenters. The fraction of sp³-hybridized carbons (Fsp3) is 0.167. The van der Waals surface area contributed by atoms with Crippen LogP contribution in [-0.2, 0) is 0 Å². The van der Waals surface area contributed by atoms with Gasteiger partial charge >= 0.3 is 0 Å². The zero-order valence-corrected chi connectivity index (χ0v) is 13.8. The van der Waals surface area contributed by atoms with E-state index >= 15 is 0 Å². The van der Waals surface area contributed by atoms with E-state index in [2.05, 4.69) is 25.6 Å². The van der Waals surface area contributed by atoms with Crippen molar-refractivity contribution in [2.75, 3.05) is 25.5 Å². The molecule has 7 nitrogen and oxygen atoms in total. The second-order valence-electron chi connectivity index (χ2n) is 5.27. The summed E-state index contributed by atoms with van der Waals surface area (Å²) in [5.41, 5.74) is 2.33. The first-order chi connectivity index (χ1) is 12.3. The number of anilines is 1. The molecule has 25 heavy (non-hydrogen) atoms. The number of hydrogen-bond acceptors (Lipinski definition) is 5. The van der Waals surface area contributed by atoms with E-state index in [1.165, 1.54) is 0 Å². The Balaban J connectivity index is 1.60. The van der Waals surface area contributed by atoms with Crippen LogP contribution < -0.4 is 15.4 Å². The third-order valence-electron chi connectivity index (χ3n) is 3.63. The van der Waals surface area contributed by atoms with E-state index in [9.17, 15) is 4.79 Å². The summed E-state index contributed by atoms with van der Waals surface area (Å²) in [4.78, 5) is 23.6. The first-order valence-electron chi connectivity index (χ1n) is 7.88. The van der Waals surface area contributed by atoms with Gasteiger partial charge in [0.25, 0.3) is 5.91 Å². The van der Waals surface area contributed by atoms with Crippen molar-refractivity contribution in [3.8, 4) is 16.9 Å². The number of methoxy groups -OCH3 is 1. The van der Waals surface area contributed by atoms with Crippen molar-refractivity contribution in [2.45, 2.75) is 0 Å². The van der Waals surface area contributed by atoms with Crippen molar-refractivity contribution in [1.82, 2.24) is 20.3 Å². The van der Waals surface area contributed by atoms with Gasteiger partial charge in [0.15, 0.2) is 0 Å². The van der Waals surface area contributed by atoms with E-state index in [0.29, 0.717) is 24.6 Å². The maximum Gasteiger partial charge on any atom is 0.253 e. The highest BCUT2D eigenvalue weighted by molar-refractivity contribution is 6.00. The SMILES string of the molecule is COc1cccc(-c2c[nH]cc2C(=O)NCCNc2ncccn2)c1. The average Bonchev–Trinajstić information content (AvgIpc) is 3.16. The number of aromatic nitrogens is 3. The summed E-state index contributed by atoms with van der Waals surface area (Å²) in [7, 11) is 1.62. The number of benzene rings is 1. The van der Waals surface area contributed by atoms with Gasteiger partial charge in [-0.15, -0.1) is 0 Å². The largest absolute Gasteiger partial charge is 0.497 e. The number of H-pyrrole nitrogens is 1. The lowest BCUT2D eigenvalue weighted by molar-refractivity contribution is 0.0956. The van der Waals surface area contributed by atoms with Gasteiger partial charge in [-0.3, -0.25) is 4.79 Å². The first kappa shape index (κ1) is 16.5. The van der Waals surface area contributed by atoms with Crippen LogP contribution in [0.4, 0.5) is 5.95 Å². The molecule has 0 spiro atoms. The predicted octanol–water partition coefficient (Wildman–Crippen LogP) is 2.32. The number of carbonyl (C=O) groups excluding carboxylic acids is 1. The zero-order valence-electron chi connectivity index (χ0n) is 13.8. The molecule has 3 aromatic rings. The molecule has 1 aromatic carbocycles. The molecule has 128 valence electrons. The van der Waals surface area contributed by atoms with Crippen LogP contribution in [-0.4, -0.2) is 41.1 Å². The smallest absolute Gasteiger partial charge is 0.253 e. The molecule has 0 saturated carbocycles. The molecule has 0 aliphatic carbocycles. The Morgan fingerprint density at radius 1 is 1.16 bits per heavy atom. The van der Waals surface area contributed by atoms with Crippen LogP contribution in [0.25, 0.3) is 11.1 Å². The van der Waals surface area contributed by atoms with E-state index in [1.807, 2.05) is 24.3 Å². The van der Waals surface area contributed by atoms with Crippen LogP contribution in [0, 0.1) is 0 Å². The Morgan fingerprint density at radius 3 is 2.80 bits per heavy atom. The lowest BCUT2D eigenvalue weighted by atomic mass is 10.0. The molecule has 3 rings (SSSR count). The van der Waals surface area contributed by atoms with Crippen molar-refractivity contribution in [1.29, 1.82) is 0 Å². The van der Waals surface area contributed by atoms with Crippen LogP contribution in [0.15, 0.2) is 55.1 Å². The Kier molecular flexibility index (Phi) is 5.26. The Bertz CT molecular complexity index is 832. The van der Waals surface area contributed by atoms with Crippen molar-refractivity contribution < 1.29 is 9.53 Å². The van der Waals surface area contributed by atoms with E-state index in [0.717, 1.165) is 16.9 Å². The highest BCUT2D eigenvalue weighted by Crippen LogP contribution is 2.26. The van der Waals surface area contributed by atoms with Crippen molar-refractivity contribution in [3.05, 3.63) is 60.7 Å². The van der Waals surface area contributed by atoms with Crippen LogP contribution in [0.3, 0.4) is 0 Å². The topological polar surface area (TPSA) is 91.9 Å². The minimum absolute atomic E-state index is 0.144. The second kappa shape index (κ2) is 7.96. The molecular formula is C18H19N5O2. The van der Waals surface area contributed by atoms with E-state index in [1.54, 1.807) is 38.0 Å². The lowest BCUT2D eigenvalue weighted by Crippen LogP contribution is -2.29. The van der Waals surface area contributed by atoms with E-state index < -0.39 is 0 Å². The number of rotatable bonds is 7. The normalized spacial score (nSPS) is 10.3. The van der Waals surface area contributed by atoms with Crippen molar-refractivity contribution >= 4 is 11.9 Å². The molecule has 3 N–H and O–H groups in total. The summed E-state index contributed by atoms with van der Waals surface area (Å²) in [5.74, 6) is 1.14. The zero-order chi connectivity index (χ0) is 17.5. The fourth-order valence-electron chi connectivity index (χ4n) is 2.42. The number of ether oxygens (including phenoxy) is 1. The van der Waals surface area contributed by atoms with Gasteiger partial charge in [0.2, 0.25) is 5.95 Å². The molecule has 0 aliphatic heterocycles. The van der Waals surface area contributed by atoms with Gasteiger partial charge in [-0.2, -0.15) is 0 Å². The van der Waals surface area contributed by atoms with Gasteiger partial charge < -0.3 is 20.4 Å². The third kappa shape index (κ3) is 4.14. The number of hydrogen-bond donors (Lipinski definition) is 3. The van der Waals surface area contributed by atoms with E-state index in [4.69, 9.17) is 4.74 Å². The standard InChI is InChI=1S/C18H19N5O2/c1-25-14-5-2-4-13(10-14)15-11-19-12-16(15)17(24)20-8-9-23-18-21-6-3-7-22-18/h2-7,10-12,19H,8-9H2,1H3,(H,20,24)(H,21,22,23). The summed E-state index contributed by atoms with van der Waals surface area (Å²) in [6, 6.07) is 9.35. The van der Waals surface area contributed by atoms with Crippen molar-refractivity contribution in [2.24, 2.45) is 0 Å². The summed E-state index contributed by atoms with van der Waals surface area (Å²) in [6.45, 7) is 0.995. The molecule has 0 radical (unpaired) electrons. The van der Waals surface area contributed by atoms with Crippen LogP contribution in [0.2, 0.25) is 0 Å². The molecule has 2 aromatic heterocycles. The maximum atomic E-state index is 12.4. The Labute approximate surface area is 145 Å². The van der Waals surface area contributed by atoms with Gasteiger partial charge in [-0.1, -0.05) is 12.1 Å². The maximum absolute atomic E-state index is 12.4. The molecule has 0 atom stereocenters. The number of nitrogens with zero attached hydrogens (tertiary/aromatic N) is 2.